The van der Waals surface area contributed by atoms with Gasteiger partial charge < -0.3 is 10.6 Å². The maximum absolute atomic E-state index is 13.0. The van der Waals surface area contributed by atoms with Crippen LogP contribution in [0.15, 0.2) is 48.5 Å². The summed E-state index contributed by atoms with van der Waals surface area (Å²) in [5.41, 5.74) is -5.08. The molecule has 1 aliphatic rings. The third-order valence-electron chi connectivity index (χ3n) is 4.80. The minimum absolute atomic E-state index is 0.0849. The molecule has 0 radical (unpaired) electrons. The van der Waals surface area contributed by atoms with Crippen molar-refractivity contribution in [3.8, 4) is 0 Å². The first-order valence-corrected chi connectivity index (χ1v) is 9.01. The number of urea groups is 1. The van der Waals surface area contributed by atoms with Gasteiger partial charge in [-0.1, -0.05) is 30.3 Å². The minimum atomic E-state index is -5.09. The van der Waals surface area contributed by atoms with E-state index >= 15 is 0 Å². The average molecular weight is 459 g/mol. The smallest absolute Gasteiger partial charge is 0.325 e. The molecule has 0 saturated carbocycles. The standard InChI is InChI=1S/C20H15F6N3O3/c1-18(11-5-3-2-4-6-11)16(31)29(17(32)28-18)10-15(30)27-14-8-12(19(21,22)23)7-13(9-14)20(24,25)26/h2-9H,10H2,1H3,(H,27,30)(H,28,32). The zero-order valence-electron chi connectivity index (χ0n) is 16.3. The monoisotopic (exact) mass is 459 g/mol. The van der Waals surface area contributed by atoms with E-state index in [1.165, 1.54) is 6.92 Å². The van der Waals surface area contributed by atoms with Gasteiger partial charge in [-0.15, -0.1) is 0 Å². The summed E-state index contributed by atoms with van der Waals surface area (Å²) in [6.07, 6.45) is -10.2. The van der Waals surface area contributed by atoms with Crippen LogP contribution in [0.25, 0.3) is 0 Å². The first-order valence-electron chi connectivity index (χ1n) is 9.01. The zero-order valence-corrected chi connectivity index (χ0v) is 16.3. The predicted molar refractivity (Wildman–Crippen MR) is 99.1 cm³/mol. The number of carbonyl (C=O) groups is 3. The lowest BCUT2D eigenvalue weighted by molar-refractivity contribution is -0.143. The van der Waals surface area contributed by atoms with Crippen molar-refractivity contribution in [2.45, 2.75) is 24.8 Å². The highest BCUT2D eigenvalue weighted by Gasteiger charge is 2.49. The number of nitrogens with one attached hydrogen (secondary N) is 2. The summed E-state index contributed by atoms with van der Waals surface area (Å²) in [7, 11) is 0. The Bertz CT molecular complexity index is 1040. The topological polar surface area (TPSA) is 78.5 Å². The molecule has 2 aromatic carbocycles. The summed E-state index contributed by atoms with van der Waals surface area (Å²) in [6, 6.07) is 7.72. The van der Waals surface area contributed by atoms with E-state index in [9.17, 15) is 40.7 Å². The van der Waals surface area contributed by atoms with Crippen molar-refractivity contribution in [2.24, 2.45) is 0 Å². The maximum Gasteiger partial charge on any atom is 0.416 e. The summed E-state index contributed by atoms with van der Waals surface area (Å²) in [5, 5.41) is 4.32. The first-order chi connectivity index (χ1) is 14.7. The molecule has 1 unspecified atom stereocenters. The molecule has 1 atom stereocenters. The third kappa shape index (κ3) is 4.53. The Labute approximate surface area is 177 Å². The van der Waals surface area contributed by atoms with Crippen LogP contribution in [0.1, 0.15) is 23.6 Å². The Hall–Kier alpha value is -3.57. The molecule has 0 spiro atoms. The van der Waals surface area contributed by atoms with E-state index in [-0.39, 0.29) is 6.07 Å². The van der Waals surface area contributed by atoms with Crippen LogP contribution in [-0.2, 0) is 27.5 Å². The lowest BCUT2D eigenvalue weighted by atomic mass is 9.92. The van der Waals surface area contributed by atoms with Crippen LogP contribution in [0, 0.1) is 0 Å². The van der Waals surface area contributed by atoms with Crippen molar-refractivity contribution in [3.05, 3.63) is 65.2 Å². The summed E-state index contributed by atoms with van der Waals surface area (Å²) < 4.78 is 77.8. The number of imide groups is 1. The summed E-state index contributed by atoms with van der Waals surface area (Å²) in [4.78, 5) is 37.8. The van der Waals surface area contributed by atoms with Crippen molar-refractivity contribution < 1.29 is 40.7 Å². The number of alkyl halides is 6. The number of amides is 4. The molecule has 3 rings (SSSR count). The fourth-order valence-electron chi connectivity index (χ4n) is 3.18. The minimum Gasteiger partial charge on any atom is -0.325 e. The molecule has 1 fully saturated rings. The van der Waals surface area contributed by atoms with E-state index in [0.717, 1.165) is 0 Å². The van der Waals surface area contributed by atoms with Gasteiger partial charge in [0.1, 0.15) is 12.1 Å². The second kappa shape index (κ2) is 7.84. The molecular formula is C20H15F6N3O3. The maximum atomic E-state index is 13.0. The quantitative estimate of drug-likeness (QED) is 0.533. The SMILES string of the molecule is CC1(c2ccccc2)NC(=O)N(CC(=O)Nc2cc(C(F)(F)F)cc(C(F)(F)F)c2)C1=O. The third-order valence-corrected chi connectivity index (χ3v) is 4.80. The van der Waals surface area contributed by atoms with Crippen LogP contribution in [0.2, 0.25) is 0 Å². The lowest BCUT2D eigenvalue weighted by Gasteiger charge is -2.22. The van der Waals surface area contributed by atoms with Gasteiger partial charge in [0.25, 0.3) is 5.91 Å². The number of halogens is 6. The number of nitrogens with zero attached hydrogens (tertiary/aromatic N) is 1. The molecular weight excluding hydrogens is 444 g/mol. The van der Waals surface area contributed by atoms with Crippen molar-refractivity contribution in [3.63, 3.8) is 0 Å². The molecule has 170 valence electrons. The predicted octanol–water partition coefficient (Wildman–Crippen LogP) is 4.13. The van der Waals surface area contributed by atoms with Gasteiger partial charge in [-0.05, 0) is 30.7 Å². The van der Waals surface area contributed by atoms with E-state index in [0.29, 0.717) is 22.6 Å². The van der Waals surface area contributed by atoms with Crippen molar-refractivity contribution in [2.75, 3.05) is 11.9 Å². The van der Waals surface area contributed by atoms with Crippen molar-refractivity contribution in [1.82, 2.24) is 10.2 Å². The molecule has 2 aromatic rings. The van der Waals surface area contributed by atoms with E-state index in [4.69, 9.17) is 0 Å². The second-order valence-corrected chi connectivity index (χ2v) is 7.16. The summed E-state index contributed by atoms with van der Waals surface area (Å²) in [5.74, 6) is -1.96. The van der Waals surface area contributed by atoms with Crippen LogP contribution in [-0.4, -0.2) is 29.3 Å². The van der Waals surface area contributed by atoms with Crippen LogP contribution in [0.5, 0.6) is 0 Å². The van der Waals surface area contributed by atoms with E-state index in [2.05, 4.69) is 5.32 Å². The molecule has 1 heterocycles. The number of hydrogen-bond acceptors (Lipinski definition) is 3. The van der Waals surface area contributed by atoms with Gasteiger partial charge in [0, 0.05) is 5.69 Å². The highest BCUT2D eigenvalue weighted by atomic mass is 19.4. The first kappa shape index (κ1) is 23.1. The zero-order chi connectivity index (χ0) is 23.9. The van der Waals surface area contributed by atoms with E-state index in [1.807, 2.05) is 5.32 Å². The van der Waals surface area contributed by atoms with Gasteiger partial charge in [-0.25, -0.2) is 4.79 Å². The fraction of sp³-hybridized carbons (Fsp3) is 0.250. The van der Waals surface area contributed by atoms with Crippen LogP contribution >= 0.6 is 0 Å². The Morgan fingerprint density at radius 2 is 1.50 bits per heavy atom. The molecule has 4 amide bonds. The average Bonchev–Trinajstić information content (AvgIpc) is 2.91. The van der Waals surface area contributed by atoms with Crippen LogP contribution in [0.4, 0.5) is 36.8 Å². The molecule has 1 aliphatic heterocycles. The Balaban J connectivity index is 1.82. The number of rotatable bonds is 4. The van der Waals surface area contributed by atoms with E-state index < -0.39 is 59.1 Å². The molecule has 2 N–H and O–H groups in total. The molecule has 0 aromatic heterocycles. The Morgan fingerprint density at radius 3 is 2.00 bits per heavy atom. The van der Waals surface area contributed by atoms with Gasteiger partial charge in [0.2, 0.25) is 5.91 Å². The lowest BCUT2D eigenvalue weighted by Crippen LogP contribution is -2.42. The highest BCUT2D eigenvalue weighted by Crippen LogP contribution is 2.37. The number of hydrogen-bond donors (Lipinski definition) is 2. The summed E-state index contributed by atoms with van der Waals surface area (Å²) in [6.45, 7) is 0.494. The summed E-state index contributed by atoms with van der Waals surface area (Å²) >= 11 is 0. The van der Waals surface area contributed by atoms with E-state index in [1.54, 1.807) is 30.3 Å². The molecule has 12 heteroatoms. The molecule has 1 saturated heterocycles. The van der Waals surface area contributed by atoms with Crippen LogP contribution in [0.3, 0.4) is 0 Å². The number of anilines is 1. The fourth-order valence-corrected chi connectivity index (χ4v) is 3.18. The van der Waals surface area contributed by atoms with Gasteiger partial charge in [0.05, 0.1) is 11.1 Å². The Morgan fingerprint density at radius 1 is 0.969 bits per heavy atom. The van der Waals surface area contributed by atoms with Gasteiger partial charge in [-0.2, -0.15) is 26.3 Å². The second-order valence-electron chi connectivity index (χ2n) is 7.16. The molecule has 6 nitrogen and oxygen atoms in total. The van der Waals surface area contributed by atoms with Crippen molar-refractivity contribution in [1.29, 1.82) is 0 Å². The molecule has 0 bridgehead atoms. The largest absolute Gasteiger partial charge is 0.416 e. The van der Waals surface area contributed by atoms with Crippen molar-refractivity contribution >= 4 is 23.5 Å². The normalized spacial score (nSPS) is 19.2. The van der Waals surface area contributed by atoms with Gasteiger partial charge in [0.15, 0.2) is 0 Å². The van der Waals surface area contributed by atoms with Crippen LogP contribution < -0.4 is 10.6 Å². The van der Waals surface area contributed by atoms with Gasteiger partial charge in [-0.3, -0.25) is 14.5 Å². The number of carbonyl (C=O) groups excluding carboxylic acids is 3. The van der Waals surface area contributed by atoms with Gasteiger partial charge >= 0.3 is 18.4 Å². The Kier molecular flexibility index (Phi) is 5.66. The highest BCUT2D eigenvalue weighted by molar-refractivity contribution is 6.10. The molecule has 32 heavy (non-hydrogen) atoms. The molecule has 0 aliphatic carbocycles. The number of benzene rings is 2.